The number of amides is 1. The number of imidazole rings is 1. The maximum absolute atomic E-state index is 12.6. The van der Waals surface area contributed by atoms with Gasteiger partial charge in [-0.1, -0.05) is 12.1 Å². The van der Waals surface area contributed by atoms with Gasteiger partial charge >= 0.3 is 5.97 Å². The lowest BCUT2D eigenvalue weighted by atomic mass is 10.1. The highest BCUT2D eigenvalue weighted by Crippen LogP contribution is 2.27. The molecule has 0 radical (unpaired) electrons. The third kappa shape index (κ3) is 5.75. The van der Waals surface area contributed by atoms with E-state index >= 15 is 0 Å². The number of nitrogens with one attached hydrogen (secondary N) is 1. The van der Waals surface area contributed by atoms with Crippen LogP contribution in [0.4, 0.5) is 0 Å². The molecule has 0 fully saturated rings. The van der Waals surface area contributed by atoms with Crippen LogP contribution >= 0.6 is 0 Å². The van der Waals surface area contributed by atoms with Crippen molar-refractivity contribution in [3.8, 4) is 22.7 Å². The van der Waals surface area contributed by atoms with Gasteiger partial charge in [0.2, 0.25) is 0 Å². The van der Waals surface area contributed by atoms with Gasteiger partial charge in [0.25, 0.3) is 5.91 Å². The van der Waals surface area contributed by atoms with Gasteiger partial charge in [0.1, 0.15) is 5.75 Å². The number of aromatic nitrogens is 4. The van der Waals surface area contributed by atoms with E-state index in [4.69, 9.17) is 9.47 Å². The molecular formula is C26H27N5O4. The second-order valence-electron chi connectivity index (χ2n) is 7.74. The normalized spacial score (nSPS) is 10.7. The van der Waals surface area contributed by atoms with Gasteiger partial charge in [0.15, 0.2) is 5.69 Å². The molecular weight excluding hydrogens is 446 g/mol. The van der Waals surface area contributed by atoms with Gasteiger partial charge < -0.3 is 19.4 Å². The largest absolute Gasteiger partial charge is 0.497 e. The zero-order valence-electron chi connectivity index (χ0n) is 19.7. The number of ether oxygens (including phenoxy) is 2. The van der Waals surface area contributed by atoms with Gasteiger partial charge in [-0.2, -0.15) is 5.10 Å². The van der Waals surface area contributed by atoms with Crippen molar-refractivity contribution in [1.82, 2.24) is 24.6 Å². The lowest BCUT2D eigenvalue weighted by molar-refractivity contribution is 0.0518. The highest BCUT2D eigenvalue weighted by molar-refractivity contribution is 5.94. The summed E-state index contributed by atoms with van der Waals surface area (Å²) in [5.41, 5.74) is 2.97. The molecule has 4 rings (SSSR count). The number of carbonyl (C=O) groups excluding carboxylic acids is 2. The quantitative estimate of drug-likeness (QED) is 0.278. The number of carbonyl (C=O) groups is 2. The highest BCUT2D eigenvalue weighted by Gasteiger charge is 2.18. The standard InChI is InChI=1S/C26H27N5O4/c1-3-35-26(33)23-17-24(20-6-4-7-22(16-20)34-2)31(29-23)21-10-8-19(9-11-21)25(32)28-12-5-14-30-15-13-27-18-30/h4,6-11,13,15-18H,3,5,12,14H2,1-2H3,(H,28,32). The van der Waals surface area contributed by atoms with Crippen molar-refractivity contribution in [3.05, 3.63) is 84.6 Å². The molecule has 0 aliphatic carbocycles. The molecule has 9 heteroatoms. The van der Waals surface area contributed by atoms with Crippen LogP contribution in [0, 0.1) is 0 Å². The monoisotopic (exact) mass is 473 g/mol. The molecule has 0 saturated heterocycles. The van der Waals surface area contributed by atoms with Crippen LogP contribution in [-0.2, 0) is 11.3 Å². The van der Waals surface area contributed by atoms with Gasteiger partial charge in [0, 0.05) is 36.6 Å². The van der Waals surface area contributed by atoms with Crippen molar-refractivity contribution in [1.29, 1.82) is 0 Å². The van der Waals surface area contributed by atoms with E-state index in [0.29, 0.717) is 29.2 Å². The number of aryl methyl sites for hydroxylation is 1. The van der Waals surface area contributed by atoms with Crippen molar-refractivity contribution in [2.24, 2.45) is 0 Å². The van der Waals surface area contributed by atoms with Crippen molar-refractivity contribution in [2.45, 2.75) is 19.9 Å². The number of rotatable bonds is 10. The number of methoxy groups -OCH3 is 1. The summed E-state index contributed by atoms with van der Waals surface area (Å²) in [5, 5.41) is 7.42. The van der Waals surface area contributed by atoms with E-state index in [0.717, 1.165) is 18.5 Å². The minimum absolute atomic E-state index is 0.150. The fourth-order valence-corrected chi connectivity index (χ4v) is 3.61. The fourth-order valence-electron chi connectivity index (χ4n) is 3.61. The van der Waals surface area contributed by atoms with Crippen LogP contribution < -0.4 is 10.1 Å². The molecule has 0 unspecified atom stereocenters. The van der Waals surface area contributed by atoms with Gasteiger partial charge in [-0.15, -0.1) is 0 Å². The molecule has 0 bridgehead atoms. The summed E-state index contributed by atoms with van der Waals surface area (Å²) >= 11 is 0. The molecule has 35 heavy (non-hydrogen) atoms. The van der Waals surface area contributed by atoms with E-state index in [2.05, 4.69) is 15.4 Å². The van der Waals surface area contributed by atoms with Crippen LogP contribution in [0.2, 0.25) is 0 Å². The Balaban J connectivity index is 1.53. The topological polar surface area (TPSA) is 100 Å². The van der Waals surface area contributed by atoms with E-state index in [1.54, 1.807) is 61.6 Å². The van der Waals surface area contributed by atoms with E-state index in [1.165, 1.54) is 0 Å². The SMILES string of the molecule is CCOC(=O)c1cc(-c2cccc(OC)c2)n(-c2ccc(C(=O)NCCCn3ccnc3)cc2)n1. The Morgan fingerprint density at radius 1 is 1.09 bits per heavy atom. The molecule has 1 N–H and O–H groups in total. The van der Waals surface area contributed by atoms with Crippen molar-refractivity contribution >= 4 is 11.9 Å². The Labute approximate surface area is 203 Å². The Bertz CT molecular complexity index is 1280. The molecule has 9 nitrogen and oxygen atoms in total. The number of esters is 1. The molecule has 2 aromatic heterocycles. The fraction of sp³-hybridized carbons (Fsp3) is 0.231. The van der Waals surface area contributed by atoms with Gasteiger partial charge in [-0.3, -0.25) is 4.79 Å². The van der Waals surface area contributed by atoms with Crippen LogP contribution in [0.3, 0.4) is 0 Å². The zero-order valence-corrected chi connectivity index (χ0v) is 19.7. The molecule has 0 aliphatic heterocycles. The lowest BCUT2D eigenvalue weighted by Gasteiger charge is -2.10. The third-order valence-electron chi connectivity index (χ3n) is 5.37. The first kappa shape index (κ1) is 23.7. The summed E-state index contributed by atoms with van der Waals surface area (Å²) < 4.78 is 14.1. The number of hydrogen-bond donors (Lipinski definition) is 1. The summed E-state index contributed by atoms with van der Waals surface area (Å²) in [5.74, 6) is 0.0398. The van der Waals surface area contributed by atoms with Crippen LogP contribution in [0.15, 0.2) is 73.3 Å². The minimum Gasteiger partial charge on any atom is -0.497 e. The first-order valence-electron chi connectivity index (χ1n) is 11.3. The van der Waals surface area contributed by atoms with Crippen molar-refractivity contribution < 1.29 is 19.1 Å². The maximum atomic E-state index is 12.6. The first-order valence-corrected chi connectivity index (χ1v) is 11.3. The Morgan fingerprint density at radius 2 is 1.91 bits per heavy atom. The third-order valence-corrected chi connectivity index (χ3v) is 5.37. The lowest BCUT2D eigenvalue weighted by Crippen LogP contribution is -2.25. The van der Waals surface area contributed by atoms with E-state index in [9.17, 15) is 9.59 Å². The number of hydrogen-bond acceptors (Lipinski definition) is 6. The Morgan fingerprint density at radius 3 is 2.63 bits per heavy atom. The van der Waals surface area contributed by atoms with Gasteiger partial charge in [-0.05, 0) is 55.8 Å². The van der Waals surface area contributed by atoms with Crippen LogP contribution in [0.1, 0.15) is 34.2 Å². The molecule has 0 saturated carbocycles. The predicted octanol–water partition coefficient (Wildman–Crippen LogP) is 3.74. The zero-order chi connectivity index (χ0) is 24.6. The smallest absolute Gasteiger partial charge is 0.358 e. The molecule has 0 spiro atoms. The second kappa shape index (κ2) is 11.1. The molecule has 1 amide bonds. The summed E-state index contributed by atoms with van der Waals surface area (Å²) in [6, 6.07) is 16.3. The van der Waals surface area contributed by atoms with Crippen molar-refractivity contribution in [3.63, 3.8) is 0 Å². The van der Waals surface area contributed by atoms with E-state index in [1.807, 2.05) is 35.0 Å². The van der Waals surface area contributed by atoms with Gasteiger partial charge in [-0.25, -0.2) is 14.5 Å². The summed E-state index contributed by atoms with van der Waals surface area (Å²) in [6.45, 7) is 3.35. The molecule has 0 atom stereocenters. The summed E-state index contributed by atoms with van der Waals surface area (Å²) in [6.07, 6.45) is 6.18. The minimum atomic E-state index is -0.498. The molecule has 4 aromatic rings. The summed E-state index contributed by atoms with van der Waals surface area (Å²) in [7, 11) is 1.60. The second-order valence-corrected chi connectivity index (χ2v) is 7.74. The number of benzene rings is 2. The van der Waals surface area contributed by atoms with Crippen LogP contribution in [0.25, 0.3) is 16.9 Å². The van der Waals surface area contributed by atoms with Crippen molar-refractivity contribution in [2.75, 3.05) is 20.3 Å². The number of nitrogens with zero attached hydrogens (tertiary/aromatic N) is 4. The average molecular weight is 474 g/mol. The van der Waals surface area contributed by atoms with E-state index in [-0.39, 0.29) is 18.2 Å². The molecule has 0 aliphatic rings. The first-order chi connectivity index (χ1) is 17.1. The van der Waals surface area contributed by atoms with Gasteiger partial charge in [0.05, 0.1) is 31.4 Å². The Kier molecular flexibility index (Phi) is 7.57. The summed E-state index contributed by atoms with van der Waals surface area (Å²) in [4.78, 5) is 28.9. The van der Waals surface area contributed by atoms with Crippen LogP contribution in [0.5, 0.6) is 5.75 Å². The maximum Gasteiger partial charge on any atom is 0.358 e. The van der Waals surface area contributed by atoms with E-state index < -0.39 is 5.97 Å². The average Bonchev–Trinajstić information content (AvgIpc) is 3.57. The Hall–Kier alpha value is -4.40. The predicted molar refractivity (Wildman–Crippen MR) is 131 cm³/mol. The van der Waals surface area contributed by atoms with Crippen LogP contribution in [-0.4, -0.2) is 51.5 Å². The molecule has 2 aromatic carbocycles. The molecule has 180 valence electrons. The molecule has 2 heterocycles. The highest BCUT2D eigenvalue weighted by atomic mass is 16.5.